The number of rotatable bonds is 6. The summed E-state index contributed by atoms with van der Waals surface area (Å²) in [6, 6.07) is 4.53. The van der Waals surface area contributed by atoms with E-state index < -0.39 is 12.7 Å². The van der Waals surface area contributed by atoms with Crippen molar-refractivity contribution in [3.05, 3.63) is 23.8 Å². The van der Waals surface area contributed by atoms with Crippen LogP contribution in [0.5, 0.6) is 11.5 Å². The largest absolute Gasteiger partial charge is 0.493 e. The molecule has 1 aliphatic heterocycles. The molecule has 1 amide bonds. The van der Waals surface area contributed by atoms with E-state index in [0.717, 1.165) is 18.4 Å². The fourth-order valence-electron chi connectivity index (χ4n) is 2.10. The van der Waals surface area contributed by atoms with Gasteiger partial charge in [0, 0.05) is 13.2 Å². The van der Waals surface area contributed by atoms with Gasteiger partial charge in [-0.05, 0) is 30.5 Å². The van der Waals surface area contributed by atoms with Crippen molar-refractivity contribution in [3.63, 3.8) is 0 Å². The first kappa shape index (κ1) is 15.5. The molecule has 0 aromatic heterocycles. The summed E-state index contributed by atoms with van der Waals surface area (Å²) >= 11 is 0. The summed E-state index contributed by atoms with van der Waals surface area (Å²) in [6.07, 6.45) is 1.20. The number of methoxy groups -OCH3 is 1. The number of benzene rings is 1. The van der Waals surface area contributed by atoms with Gasteiger partial charge in [-0.25, -0.2) is 0 Å². The van der Waals surface area contributed by atoms with E-state index in [1.807, 2.05) is 0 Å². The topological polar surface area (TPSA) is 56.8 Å². The van der Waals surface area contributed by atoms with Crippen LogP contribution in [0.1, 0.15) is 18.4 Å². The van der Waals surface area contributed by atoms with Crippen LogP contribution in [-0.4, -0.2) is 32.3 Å². The zero-order valence-electron chi connectivity index (χ0n) is 11.6. The fourth-order valence-corrected chi connectivity index (χ4v) is 2.10. The molecule has 116 valence electrons. The molecular weight excluding hydrogens is 284 g/mol. The van der Waals surface area contributed by atoms with Gasteiger partial charge < -0.3 is 19.5 Å². The molecule has 1 N–H and O–H groups in total. The summed E-state index contributed by atoms with van der Waals surface area (Å²) in [5, 5.41) is 2.74. The number of nitrogens with one attached hydrogen (secondary N) is 1. The molecule has 1 heterocycles. The number of carbonyl (C=O) groups is 1. The van der Waals surface area contributed by atoms with E-state index in [-0.39, 0.29) is 24.0 Å². The Labute approximate surface area is 121 Å². The minimum absolute atomic E-state index is 0.0401. The molecule has 1 aromatic carbocycles. The van der Waals surface area contributed by atoms with E-state index in [2.05, 4.69) is 10.1 Å². The quantitative estimate of drug-likeness (QED) is 0.874. The average molecular weight is 301 g/mol. The lowest BCUT2D eigenvalue weighted by Gasteiger charge is -2.13. The summed E-state index contributed by atoms with van der Waals surface area (Å²) in [7, 11) is 1.36. The smallest absolute Gasteiger partial charge is 0.387 e. The van der Waals surface area contributed by atoms with Gasteiger partial charge in [0.1, 0.15) is 6.10 Å². The van der Waals surface area contributed by atoms with E-state index in [4.69, 9.17) is 9.47 Å². The van der Waals surface area contributed by atoms with Crippen molar-refractivity contribution in [2.45, 2.75) is 32.1 Å². The third-order valence-corrected chi connectivity index (χ3v) is 3.13. The molecule has 1 unspecified atom stereocenters. The van der Waals surface area contributed by atoms with Gasteiger partial charge in [0.15, 0.2) is 11.5 Å². The summed E-state index contributed by atoms with van der Waals surface area (Å²) in [5.41, 5.74) is 0.722. The highest BCUT2D eigenvalue weighted by Gasteiger charge is 2.23. The Morgan fingerprint density at radius 1 is 1.48 bits per heavy atom. The zero-order chi connectivity index (χ0) is 15.2. The van der Waals surface area contributed by atoms with Crippen molar-refractivity contribution in [3.8, 4) is 11.5 Å². The maximum absolute atomic E-state index is 12.2. The highest BCUT2D eigenvalue weighted by atomic mass is 19.3. The average Bonchev–Trinajstić information content (AvgIpc) is 2.99. The number of hydrogen-bond acceptors (Lipinski definition) is 4. The van der Waals surface area contributed by atoms with Crippen LogP contribution in [0.2, 0.25) is 0 Å². The van der Waals surface area contributed by atoms with E-state index >= 15 is 0 Å². The van der Waals surface area contributed by atoms with Crippen molar-refractivity contribution in [2.24, 2.45) is 0 Å². The molecule has 0 radical (unpaired) electrons. The van der Waals surface area contributed by atoms with E-state index in [9.17, 15) is 13.6 Å². The zero-order valence-corrected chi connectivity index (χ0v) is 11.6. The third kappa shape index (κ3) is 4.29. The lowest BCUT2D eigenvalue weighted by Crippen LogP contribution is -2.33. The Balaban J connectivity index is 1.95. The second-order valence-electron chi connectivity index (χ2n) is 4.58. The van der Waals surface area contributed by atoms with Crippen molar-refractivity contribution in [2.75, 3.05) is 13.7 Å². The van der Waals surface area contributed by atoms with Crippen molar-refractivity contribution in [1.82, 2.24) is 5.32 Å². The molecule has 1 atom stereocenters. The lowest BCUT2D eigenvalue weighted by atomic mass is 10.2. The molecule has 21 heavy (non-hydrogen) atoms. The molecule has 0 saturated carbocycles. The Kier molecular flexibility index (Phi) is 5.32. The standard InChI is InChI=1S/C14H17F2NO4/c1-19-12-7-9(4-5-10(12)21-14(15)16)8-17-13(18)11-3-2-6-20-11/h4-5,7,11,14H,2-3,6,8H2,1H3,(H,17,18). The molecule has 7 heteroatoms. The van der Waals surface area contributed by atoms with Crippen LogP contribution < -0.4 is 14.8 Å². The highest BCUT2D eigenvalue weighted by molar-refractivity contribution is 5.80. The first-order valence-electron chi connectivity index (χ1n) is 6.61. The molecule has 1 saturated heterocycles. The normalized spacial score (nSPS) is 17.8. The highest BCUT2D eigenvalue weighted by Crippen LogP contribution is 2.29. The Morgan fingerprint density at radius 3 is 2.90 bits per heavy atom. The van der Waals surface area contributed by atoms with Gasteiger partial charge >= 0.3 is 6.61 Å². The molecule has 1 aromatic rings. The first-order chi connectivity index (χ1) is 10.1. The molecule has 2 rings (SSSR count). The lowest BCUT2D eigenvalue weighted by molar-refractivity contribution is -0.130. The summed E-state index contributed by atoms with van der Waals surface area (Å²) in [4.78, 5) is 11.8. The van der Waals surface area contributed by atoms with Crippen LogP contribution in [-0.2, 0) is 16.1 Å². The summed E-state index contributed by atoms with van der Waals surface area (Å²) in [5.74, 6) is -0.0137. The molecule has 1 aliphatic rings. The Morgan fingerprint density at radius 2 is 2.29 bits per heavy atom. The number of halogens is 2. The second kappa shape index (κ2) is 7.21. The van der Waals surface area contributed by atoms with E-state index in [0.29, 0.717) is 6.61 Å². The van der Waals surface area contributed by atoms with Crippen molar-refractivity contribution in [1.29, 1.82) is 0 Å². The van der Waals surface area contributed by atoms with Gasteiger partial charge in [-0.1, -0.05) is 6.07 Å². The van der Waals surface area contributed by atoms with Crippen LogP contribution in [0.3, 0.4) is 0 Å². The van der Waals surface area contributed by atoms with Crippen LogP contribution in [0, 0.1) is 0 Å². The summed E-state index contributed by atoms with van der Waals surface area (Å²) < 4.78 is 39.0. The SMILES string of the molecule is COc1cc(CNC(=O)C2CCCO2)ccc1OC(F)F. The molecule has 0 bridgehead atoms. The molecule has 5 nitrogen and oxygen atoms in total. The molecule has 1 fully saturated rings. The number of carbonyl (C=O) groups excluding carboxylic acids is 1. The number of hydrogen-bond donors (Lipinski definition) is 1. The minimum Gasteiger partial charge on any atom is -0.493 e. The van der Waals surface area contributed by atoms with Crippen molar-refractivity contribution >= 4 is 5.91 Å². The Bertz CT molecular complexity index is 490. The van der Waals surface area contributed by atoms with Crippen molar-refractivity contribution < 1.29 is 27.8 Å². The van der Waals surface area contributed by atoms with Crippen LogP contribution in [0.25, 0.3) is 0 Å². The van der Waals surface area contributed by atoms with Crippen LogP contribution in [0.4, 0.5) is 8.78 Å². The maximum Gasteiger partial charge on any atom is 0.387 e. The maximum atomic E-state index is 12.2. The van der Waals surface area contributed by atoms with Crippen LogP contribution >= 0.6 is 0 Å². The molecule has 0 aliphatic carbocycles. The number of alkyl halides is 2. The number of ether oxygens (including phenoxy) is 3. The second-order valence-corrected chi connectivity index (χ2v) is 4.58. The van der Waals surface area contributed by atoms with Gasteiger partial charge in [-0.3, -0.25) is 4.79 Å². The molecule has 0 spiro atoms. The predicted molar refractivity (Wildman–Crippen MR) is 70.4 cm³/mol. The van der Waals surface area contributed by atoms with E-state index in [1.54, 1.807) is 12.1 Å². The van der Waals surface area contributed by atoms with Gasteiger partial charge in [-0.15, -0.1) is 0 Å². The third-order valence-electron chi connectivity index (χ3n) is 3.13. The van der Waals surface area contributed by atoms with Gasteiger partial charge in [0.05, 0.1) is 7.11 Å². The first-order valence-corrected chi connectivity index (χ1v) is 6.61. The van der Waals surface area contributed by atoms with Gasteiger partial charge in [-0.2, -0.15) is 8.78 Å². The predicted octanol–water partition coefficient (Wildman–Crippen LogP) is 2.09. The summed E-state index contributed by atoms with van der Waals surface area (Å²) in [6.45, 7) is -2.04. The monoisotopic (exact) mass is 301 g/mol. The fraction of sp³-hybridized carbons (Fsp3) is 0.500. The number of amides is 1. The Hall–Kier alpha value is -1.89. The minimum atomic E-state index is -2.91. The van der Waals surface area contributed by atoms with Crippen LogP contribution in [0.15, 0.2) is 18.2 Å². The van der Waals surface area contributed by atoms with Gasteiger partial charge in [0.25, 0.3) is 0 Å². The van der Waals surface area contributed by atoms with E-state index in [1.165, 1.54) is 13.2 Å². The van der Waals surface area contributed by atoms with Gasteiger partial charge in [0.2, 0.25) is 5.91 Å². The molecular formula is C14H17F2NO4.